The van der Waals surface area contributed by atoms with E-state index in [0.717, 1.165) is 0 Å². The van der Waals surface area contributed by atoms with E-state index < -0.39 is 5.67 Å². The molecule has 0 aromatic heterocycles. The van der Waals surface area contributed by atoms with Gasteiger partial charge in [-0.05, 0) is 26.2 Å². The Hall–Kier alpha value is -0.0700. The average molecular weight is 118 g/mol. The number of halogens is 1. The second-order valence-corrected chi connectivity index (χ2v) is 3.32. The van der Waals surface area contributed by atoms with Crippen LogP contribution in [0.4, 0.5) is 4.39 Å². The largest absolute Gasteiger partial charge is 0.244 e. The van der Waals surface area contributed by atoms with Crippen molar-refractivity contribution in [2.45, 2.75) is 39.8 Å². The van der Waals surface area contributed by atoms with Crippen LogP contribution in [0.3, 0.4) is 0 Å². The van der Waals surface area contributed by atoms with Crippen molar-refractivity contribution in [2.75, 3.05) is 0 Å². The number of hydrogen-bond donors (Lipinski definition) is 0. The van der Waals surface area contributed by atoms with Crippen LogP contribution in [0.2, 0.25) is 0 Å². The van der Waals surface area contributed by atoms with Gasteiger partial charge >= 0.3 is 0 Å². The van der Waals surface area contributed by atoms with Gasteiger partial charge in [0.15, 0.2) is 0 Å². The normalized spacial score (nSPS) is 12.8. The van der Waals surface area contributed by atoms with Crippen molar-refractivity contribution in [3.63, 3.8) is 0 Å². The number of alkyl halides is 1. The Kier molecular flexibility index (Phi) is 2.45. The zero-order valence-electron chi connectivity index (χ0n) is 6.16. The SMILES string of the molecule is CC(C)CC(C)(C)F. The molecule has 0 aromatic rings. The summed E-state index contributed by atoms with van der Waals surface area (Å²) in [6.07, 6.45) is 0.660. The third-order valence-electron chi connectivity index (χ3n) is 0.894. The highest BCUT2D eigenvalue weighted by molar-refractivity contribution is 4.66. The molecule has 1 heteroatoms. The van der Waals surface area contributed by atoms with Crippen molar-refractivity contribution in [3.8, 4) is 0 Å². The summed E-state index contributed by atoms with van der Waals surface area (Å²) in [6, 6.07) is 0. The summed E-state index contributed by atoms with van der Waals surface area (Å²) in [5.41, 5.74) is -0.978. The molecule has 0 saturated heterocycles. The highest BCUT2D eigenvalue weighted by Gasteiger charge is 2.16. The summed E-state index contributed by atoms with van der Waals surface area (Å²) >= 11 is 0. The highest BCUT2D eigenvalue weighted by atomic mass is 19.1. The topological polar surface area (TPSA) is 0 Å². The molecule has 0 atom stereocenters. The lowest BCUT2D eigenvalue weighted by Crippen LogP contribution is -2.14. The van der Waals surface area contributed by atoms with E-state index in [4.69, 9.17) is 0 Å². The van der Waals surface area contributed by atoms with Gasteiger partial charge in [-0.2, -0.15) is 0 Å². The van der Waals surface area contributed by atoms with Crippen molar-refractivity contribution >= 4 is 0 Å². The smallest absolute Gasteiger partial charge is 0.105 e. The molecule has 8 heavy (non-hydrogen) atoms. The van der Waals surface area contributed by atoms with Gasteiger partial charge in [0.1, 0.15) is 5.67 Å². The Balaban J connectivity index is 3.39. The minimum absolute atomic E-state index is 0.468. The van der Waals surface area contributed by atoms with Crippen LogP contribution < -0.4 is 0 Å². The van der Waals surface area contributed by atoms with Crippen LogP contribution in [-0.2, 0) is 0 Å². The monoisotopic (exact) mass is 118 g/mol. The maximum absolute atomic E-state index is 12.6. The van der Waals surface area contributed by atoms with Crippen LogP contribution >= 0.6 is 0 Å². The summed E-state index contributed by atoms with van der Waals surface area (Å²) in [4.78, 5) is 0. The molecule has 0 N–H and O–H groups in total. The Morgan fingerprint density at radius 3 is 1.75 bits per heavy atom. The molecule has 0 bridgehead atoms. The zero-order valence-corrected chi connectivity index (χ0v) is 6.16. The molecule has 0 fully saturated rings. The summed E-state index contributed by atoms with van der Waals surface area (Å²) in [6.45, 7) is 7.29. The maximum atomic E-state index is 12.6. The number of hydrogen-bond acceptors (Lipinski definition) is 0. The van der Waals surface area contributed by atoms with Crippen molar-refractivity contribution < 1.29 is 4.39 Å². The molecule has 0 unspecified atom stereocenters. The molecule has 0 aromatic carbocycles. The van der Waals surface area contributed by atoms with Gasteiger partial charge in [-0.15, -0.1) is 0 Å². The van der Waals surface area contributed by atoms with Gasteiger partial charge in [0, 0.05) is 0 Å². The van der Waals surface area contributed by atoms with Gasteiger partial charge in [0.25, 0.3) is 0 Å². The van der Waals surface area contributed by atoms with E-state index in [9.17, 15) is 4.39 Å². The Bertz CT molecular complexity index is 59.3. The summed E-state index contributed by atoms with van der Waals surface area (Å²) in [5.74, 6) is 0.468. The molecule has 0 nitrogen and oxygen atoms in total. The van der Waals surface area contributed by atoms with Gasteiger partial charge in [-0.3, -0.25) is 0 Å². The summed E-state index contributed by atoms with van der Waals surface area (Å²) in [5, 5.41) is 0. The Morgan fingerprint density at radius 1 is 1.38 bits per heavy atom. The van der Waals surface area contributed by atoms with Crippen molar-refractivity contribution in [1.82, 2.24) is 0 Å². The van der Waals surface area contributed by atoms with Gasteiger partial charge in [-0.1, -0.05) is 13.8 Å². The Labute approximate surface area is 51.1 Å². The minimum Gasteiger partial charge on any atom is -0.244 e. The lowest BCUT2D eigenvalue weighted by atomic mass is 9.98. The third kappa shape index (κ3) is 5.93. The quantitative estimate of drug-likeness (QED) is 0.523. The molecular weight excluding hydrogens is 103 g/mol. The van der Waals surface area contributed by atoms with Gasteiger partial charge < -0.3 is 0 Å². The fraction of sp³-hybridized carbons (Fsp3) is 1.00. The molecule has 0 radical (unpaired) electrons. The molecule has 50 valence electrons. The number of rotatable bonds is 2. The fourth-order valence-corrected chi connectivity index (χ4v) is 0.971. The first-order valence-electron chi connectivity index (χ1n) is 3.11. The average Bonchev–Trinajstić information content (AvgIpc) is 1.21. The molecule has 0 amide bonds. The van der Waals surface area contributed by atoms with Crippen LogP contribution in [0.25, 0.3) is 0 Å². The predicted octanol–water partition coefficient (Wildman–Crippen LogP) is 2.78. The van der Waals surface area contributed by atoms with E-state index in [1.807, 2.05) is 13.8 Å². The van der Waals surface area contributed by atoms with Crippen molar-refractivity contribution in [2.24, 2.45) is 5.92 Å². The fourth-order valence-electron chi connectivity index (χ4n) is 0.971. The van der Waals surface area contributed by atoms with Gasteiger partial charge in [-0.25, -0.2) is 4.39 Å². The van der Waals surface area contributed by atoms with Crippen molar-refractivity contribution in [1.29, 1.82) is 0 Å². The van der Waals surface area contributed by atoms with E-state index in [1.165, 1.54) is 0 Å². The van der Waals surface area contributed by atoms with E-state index in [-0.39, 0.29) is 0 Å². The second-order valence-electron chi connectivity index (χ2n) is 3.32. The van der Waals surface area contributed by atoms with Crippen LogP contribution in [0, 0.1) is 5.92 Å². The molecule has 0 heterocycles. The van der Waals surface area contributed by atoms with Crippen LogP contribution in [0.5, 0.6) is 0 Å². The van der Waals surface area contributed by atoms with E-state index >= 15 is 0 Å². The molecular formula is C7H15F. The standard InChI is InChI=1S/C7H15F/c1-6(2)5-7(3,4)8/h6H,5H2,1-4H3. The summed E-state index contributed by atoms with van der Waals surface area (Å²) < 4.78 is 12.6. The molecule has 0 saturated carbocycles. The first-order valence-corrected chi connectivity index (χ1v) is 3.11. The minimum atomic E-state index is -0.978. The first kappa shape index (κ1) is 7.93. The lowest BCUT2D eigenvalue weighted by Gasteiger charge is -2.15. The maximum Gasteiger partial charge on any atom is 0.105 e. The Morgan fingerprint density at radius 2 is 1.75 bits per heavy atom. The van der Waals surface area contributed by atoms with Crippen LogP contribution in [0.15, 0.2) is 0 Å². The molecule has 0 rings (SSSR count). The predicted molar refractivity (Wildman–Crippen MR) is 34.6 cm³/mol. The van der Waals surface area contributed by atoms with Crippen LogP contribution in [0.1, 0.15) is 34.1 Å². The molecule has 0 spiro atoms. The molecule has 0 aliphatic heterocycles. The molecule has 0 aliphatic carbocycles. The highest BCUT2D eigenvalue weighted by Crippen LogP contribution is 2.18. The summed E-state index contributed by atoms with van der Waals surface area (Å²) in [7, 11) is 0. The lowest BCUT2D eigenvalue weighted by molar-refractivity contribution is 0.178. The van der Waals surface area contributed by atoms with E-state index in [0.29, 0.717) is 12.3 Å². The van der Waals surface area contributed by atoms with E-state index in [2.05, 4.69) is 0 Å². The van der Waals surface area contributed by atoms with Crippen LogP contribution in [-0.4, -0.2) is 5.67 Å². The zero-order chi connectivity index (χ0) is 6.78. The van der Waals surface area contributed by atoms with Gasteiger partial charge in [0.05, 0.1) is 0 Å². The first-order chi connectivity index (χ1) is 3.42. The van der Waals surface area contributed by atoms with E-state index in [1.54, 1.807) is 13.8 Å². The van der Waals surface area contributed by atoms with Crippen molar-refractivity contribution in [3.05, 3.63) is 0 Å². The van der Waals surface area contributed by atoms with Gasteiger partial charge in [0.2, 0.25) is 0 Å². The third-order valence-corrected chi connectivity index (χ3v) is 0.894. The molecule has 0 aliphatic rings. The second kappa shape index (κ2) is 2.47.